The van der Waals surface area contributed by atoms with Gasteiger partial charge in [-0.2, -0.15) is 0 Å². The van der Waals surface area contributed by atoms with Crippen molar-refractivity contribution in [3.8, 4) is 5.75 Å². The maximum absolute atomic E-state index is 12.4. The Hall–Kier alpha value is -3.31. The minimum absolute atomic E-state index is 0.0517. The summed E-state index contributed by atoms with van der Waals surface area (Å²) in [6, 6.07) is 21.7. The number of amides is 1. The van der Waals surface area contributed by atoms with E-state index in [1.807, 2.05) is 42.5 Å². The van der Waals surface area contributed by atoms with Crippen LogP contribution >= 0.6 is 11.6 Å². The molecule has 0 fully saturated rings. The molecule has 3 aromatic carbocycles. The van der Waals surface area contributed by atoms with Crippen LogP contribution in [0.5, 0.6) is 5.75 Å². The number of nitrogens with one attached hydrogen (secondary N) is 1. The molecule has 0 unspecified atom stereocenters. The normalized spacial score (nSPS) is 11.0. The molecule has 4 aromatic rings. The Balaban J connectivity index is 1.40. The van der Waals surface area contributed by atoms with Crippen molar-refractivity contribution in [1.29, 1.82) is 0 Å². The van der Waals surface area contributed by atoms with Gasteiger partial charge in [0.15, 0.2) is 0 Å². The number of benzene rings is 3. The smallest absolute Gasteiger partial charge is 0.224 e. The second-order valence-electron chi connectivity index (χ2n) is 8.11. The zero-order valence-corrected chi connectivity index (χ0v) is 19.7. The molecular formula is C27H28ClN3O2. The molecular weight excluding hydrogens is 434 g/mol. The van der Waals surface area contributed by atoms with Gasteiger partial charge in [-0.3, -0.25) is 4.79 Å². The zero-order valence-electron chi connectivity index (χ0n) is 19.0. The summed E-state index contributed by atoms with van der Waals surface area (Å²) in [5.41, 5.74) is 5.11. The van der Waals surface area contributed by atoms with E-state index in [4.69, 9.17) is 21.3 Å². The Morgan fingerprint density at radius 2 is 1.73 bits per heavy atom. The fraction of sp³-hybridized carbons (Fsp3) is 0.259. The maximum atomic E-state index is 12.4. The number of carbonyl (C=O) groups is 1. The van der Waals surface area contributed by atoms with Crippen LogP contribution in [0.25, 0.3) is 11.0 Å². The molecule has 170 valence electrons. The largest absolute Gasteiger partial charge is 0.491 e. The first-order valence-electron chi connectivity index (χ1n) is 11.2. The lowest BCUT2D eigenvalue weighted by Crippen LogP contribution is -2.28. The Morgan fingerprint density at radius 1 is 1.00 bits per heavy atom. The predicted octanol–water partition coefficient (Wildman–Crippen LogP) is 5.29. The Kier molecular flexibility index (Phi) is 7.30. The number of halogens is 1. The Morgan fingerprint density at radius 3 is 2.52 bits per heavy atom. The molecule has 6 heteroatoms. The number of para-hydroxylation sites is 3. The number of rotatable bonds is 9. The molecule has 0 radical (unpaired) electrons. The minimum atomic E-state index is -0.0517. The first-order valence-corrected chi connectivity index (χ1v) is 11.5. The molecule has 1 amide bonds. The van der Waals surface area contributed by atoms with Crippen LogP contribution in [0.3, 0.4) is 0 Å². The van der Waals surface area contributed by atoms with E-state index in [-0.39, 0.29) is 12.3 Å². The third-order valence-electron chi connectivity index (χ3n) is 5.68. The summed E-state index contributed by atoms with van der Waals surface area (Å²) in [5, 5.41) is 3.60. The molecule has 5 nitrogen and oxygen atoms in total. The lowest BCUT2D eigenvalue weighted by atomic mass is 10.1. The Bertz CT molecular complexity index is 1250. The number of imidazole rings is 1. The summed E-state index contributed by atoms with van der Waals surface area (Å²) >= 11 is 6.17. The highest BCUT2D eigenvalue weighted by Gasteiger charge is 2.12. The summed E-state index contributed by atoms with van der Waals surface area (Å²) in [5.74, 6) is 1.82. The molecule has 0 aliphatic carbocycles. The Labute approximate surface area is 199 Å². The van der Waals surface area contributed by atoms with Gasteiger partial charge in [-0.25, -0.2) is 4.98 Å². The van der Waals surface area contributed by atoms with E-state index < -0.39 is 0 Å². The quantitative estimate of drug-likeness (QED) is 0.368. The van der Waals surface area contributed by atoms with Gasteiger partial charge in [0.25, 0.3) is 0 Å². The van der Waals surface area contributed by atoms with Gasteiger partial charge in [-0.05, 0) is 48.7 Å². The summed E-state index contributed by atoms with van der Waals surface area (Å²) in [7, 11) is 0. The van der Waals surface area contributed by atoms with Gasteiger partial charge >= 0.3 is 0 Å². The standard InChI is InChI=1S/C27H28ClN3O2/c1-19-8-7-9-20(2)27(19)33-17-16-31-24-13-6-5-12-23(24)30-25(31)14-15-29-26(32)18-21-10-3-4-11-22(21)28/h3-13H,14-18H2,1-2H3,(H,29,32). The lowest BCUT2D eigenvalue weighted by molar-refractivity contribution is -0.120. The van der Waals surface area contributed by atoms with Crippen LogP contribution in [0.4, 0.5) is 0 Å². The van der Waals surface area contributed by atoms with E-state index in [2.05, 4.69) is 41.9 Å². The van der Waals surface area contributed by atoms with Gasteiger partial charge in [-0.15, -0.1) is 0 Å². The number of nitrogens with zero attached hydrogens (tertiary/aromatic N) is 2. The van der Waals surface area contributed by atoms with E-state index in [0.717, 1.165) is 39.3 Å². The van der Waals surface area contributed by atoms with Gasteiger partial charge in [0.05, 0.1) is 24.0 Å². The number of aryl methyl sites for hydroxylation is 2. The fourth-order valence-corrected chi connectivity index (χ4v) is 4.23. The highest BCUT2D eigenvalue weighted by Crippen LogP contribution is 2.23. The van der Waals surface area contributed by atoms with Crippen LogP contribution in [0.2, 0.25) is 5.02 Å². The number of hydrogen-bond donors (Lipinski definition) is 1. The summed E-state index contributed by atoms with van der Waals surface area (Å²) in [6.45, 7) is 5.84. The number of aromatic nitrogens is 2. The van der Waals surface area contributed by atoms with Crippen molar-refractivity contribution in [3.63, 3.8) is 0 Å². The molecule has 0 bridgehead atoms. The molecule has 1 aromatic heterocycles. The summed E-state index contributed by atoms with van der Waals surface area (Å²) in [4.78, 5) is 17.2. The molecule has 0 saturated carbocycles. The van der Waals surface area contributed by atoms with Crippen molar-refractivity contribution in [3.05, 3.63) is 94.3 Å². The van der Waals surface area contributed by atoms with Crippen LogP contribution in [0.15, 0.2) is 66.7 Å². The number of ether oxygens (including phenoxy) is 1. The van der Waals surface area contributed by atoms with E-state index in [9.17, 15) is 4.79 Å². The molecule has 1 N–H and O–H groups in total. The molecule has 0 saturated heterocycles. The lowest BCUT2D eigenvalue weighted by Gasteiger charge is -2.14. The zero-order chi connectivity index (χ0) is 23.2. The van der Waals surface area contributed by atoms with Crippen LogP contribution < -0.4 is 10.1 Å². The van der Waals surface area contributed by atoms with Crippen molar-refractivity contribution >= 4 is 28.5 Å². The van der Waals surface area contributed by atoms with Gasteiger partial charge in [0.2, 0.25) is 5.91 Å². The molecule has 0 aliphatic heterocycles. The van der Waals surface area contributed by atoms with Gasteiger partial charge in [-0.1, -0.05) is 60.1 Å². The average molecular weight is 462 g/mol. The molecule has 1 heterocycles. The highest BCUT2D eigenvalue weighted by molar-refractivity contribution is 6.31. The van der Waals surface area contributed by atoms with Gasteiger partial charge in [0.1, 0.15) is 18.2 Å². The molecule has 0 spiro atoms. The van der Waals surface area contributed by atoms with E-state index in [1.165, 1.54) is 0 Å². The highest BCUT2D eigenvalue weighted by atomic mass is 35.5. The predicted molar refractivity (Wildman–Crippen MR) is 133 cm³/mol. The third-order valence-corrected chi connectivity index (χ3v) is 6.05. The summed E-state index contributed by atoms with van der Waals surface area (Å²) < 4.78 is 8.32. The maximum Gasteiger partial charge on any atom is 0.224 e. The van der Waals surface area contributed by atoms with Crippen LogP contribution in [0.1, 0.15) is 22.5 Å². The van der Waals surface area contributed by atoms with Crippen molar-refractivity contribution < 1.29 is 9.53 Å². The topological polar surface area (TPSA) is 56.1 Å². The van der Waals surface area contributed by atoms with Crippen LogP contribution in [-0.4, -0.2) is 28.6 Å². The number of carbonyl (C=O) groups excluding carboxylic acids is 1. The van der Waals surface area contributed by atoms with Crippen molar-refractivity contribution in [2.45, 2.75) is 33.2 Å². The fourth-order valence-electron chi connectivity index (χ4n) is 4.02. The second-order valence-corrected chi connectivity index (χ2v) is 8.51. The second kappa shape index (κ2) is 10.5. The van der Waals surface area contributed by atoms with E-state index in [0.29, 0.717) is 31.1 Å². The minimum Gasteiger partial charge on any atom is -0.491 e. The number of fused-ring (bicyclic) bond motifs is 1. The molecule has 0 aliphatic rings. The van der Waals surface area contributed by atoms with Gasteiger partial charge in [0, 0.05) is 18.0 Å². The van der Waals surface area contributed by atoms with Crippen molar-refractivity contribution in [1.82, 2.24) is 14.9 Å². The first kappa shape index (κ1) is 22.9. The van der Waals surface area contributed by atoms with E-state index >= 15 is 0 Å². The van der Waals surface area contributed by atoms with Crippen molar-refractivity contribution in [2.75, 3.05) is 13.2 Å². The monoisotopic (exact) mass is 461 g/mol. The average Bonchev–Trinajstić information content (AvgIpc) is 3.15. The number of hydrogen-bond acceptors (Lipinski definition) is 3. The molecule has 4 rings (SSSR count). The summed E-state index contributed by atoms with van der Waals surface area (Å²) in [6.07, 6.45) is 0.895. The molecule has 0 atom stereocenters. The van der Waals surface area contributed by atoms with Crippen LogP contribution in [-0.2, 0) is 24.2 Å². The van der Waals surface area contributed by atoms with E-state index in [1.54, 1.807) is 6.07 Å². The van der Waals surface area contributed by atoms with Gasteiger partial charge < -0.3 is 14.6 Å². The molecule has 33 heavy (non-hydrogen) atoms. The van der Waals surface area contributed by atoms with Crippen LogP contribution in [0, 0.1) is 13.8 Å². The SMILES string of the molecule is Cc1cccc(C)c1OCCn1c(CCNC(=O)Cc2ccccc2Cl)nc2ccccc21. The first-order chi connectivity index (χ1) is 16.0. The third kappa shape index (κ3) is 5.55. The van der Waals surface area contributed by atoms with Crippen molar-refractivity contribution in [2.24, 2.45) is 0 Å².